The zero-order chi connectivity index (χ0) is 18.1. The lowest BCUT2D eigenvalue weighted by Crippen LogP contribution is -2.25. The third-order valence-corrected chi connectivity index (χ3v) is 4.33. The van der Waals surface area contributed by atoms with Gasteiger partial charge in [-0.3, -0.25) is 9.40 Å². The SMILES string of the molecule is Cc1cccc(C(=O)OC(C)(C)C)c1NS(=O)(=O)c1ccn(C)n1. The fraction of sp³-hybridized carbons (Fsp3) is 0.375. The number of hydrogen-bond acceptors (Lipinski definition) is 5. The number of aromatic nitrogens is 2. The van der Waals surface area contributed by atoms with Crippen molar-refractivity contribution in [3.05, 3.63) is 41.6 Å². The molecule has 8 heteroatoms. The van der Waals surface area contributed by atoms with Crippen molar-refractivity contribution in [3.63, 3.8) is 0 Å². The molecule has 0 bridgehead atoms. The minimum atomic E-state index is -3.90. The van der Waals surface area contributed by atoms with Gasteiger partial charge in [0.1, 0.15) is 5.60 Å². The van der Waals surface area contributed by atoms with Gasteiger partial charge < -0.3 is 4.74 Å². The molecule has 0 fully saturated rings. The molecule has 2 rings (SSSR count). The second-order valence-corrected chi connectivity index (χ2v) is 8.06. The number of benzene rings is 1. The molecule has 1 aromatic carbocycles. The zero-order valence-corrected chi connectivity index (χ0v) is 15.1. The monoisotopic (exact) mass is 351 g/mol. The Bertz CT molecular complexity index is 864. The topological polar surface area (TPSA) is 90.3 Å². The zero-order valence-electron chi connectivity index (χ0n) is 14.3. The van der Waals surface area contributed by atoms with Crippen LogP contribution in [0.15, 0.2) is 35.5 Å². The molecule has 0 saturated heterocycles. The quantitative estimate of drug-likeness (QED) is 0.855. The van der Waals surface area contributed by atoms with Crippen LogP contribution in [-0.2, 0) is 21.8 Å². The molecule has 0 amide bonds. The number of carbonyl (C=O) groups is 1. The average Bonchev–Trinajstić information content (AvgIpc) is 2.86. The summed E-state index contributed by atoms with van der Waals surface area (Å²) in [6.07, 6.45) is 1.53. The van der Waals surface area contributed by atoms with Gasteiger partial charge in [-0.05, 0) is 45.4 Å². The molecule has 1 heterocycles. The first-order valence-electron chi connectivity index (χ1n) is 7.35. The van der Waals surface area contributed by atoms with Gasteiger partial charge in [-0.2, -0.15) is 13.5 Å². The summed E-state index contributed by atoms with van der Waals surface area (Å²) in [6.45, 7) is 6.96. The van der Waals surface area contributed by atoms with Crippen LogP contribution in [0.3, 0.4) is 0 Å². The van der Waals surface area contributed by atoms with Crippen molar-refractivity contribution < 1.29 is 17.9 Å². The standard InChI is InChI=1S/C16H21N3O4S/c1-11-7-6-8-12(15(20)23-16(2,3)4)14(11)18-24(21,22)13-9-10-19(5)17-13/h6-10,18H,1-5H3. The fourth-order valence-electron chi connectivity index (χ4n) is 2.03. The fourth-order valence-corrected chi connectivity index (χ4v) is 3.15. The number of nitrogens with zero attached hydrogens (tertiary/aromatic N) is 2. The molecular weight excluding hydrogens is 330 g/mol. The van der Waals surface area contributed by atoms with Gasteiger partial charge in [0.15, 0.2) is 5.03 Å². The van der Waals surface area contributed by atoms with Gasteiger partial charge >= 0.3 is 5.97 Å². The number of carbonyl (C=O) groups excluding carboxylic acids is 1. The third kappa shape index (κ3) is 4.14. The number of para-hydroxylation sites is 1. The van der Waals surface area contributed by atoms with E-state index in [0.29, 0.717) is 5.56 Å². The number of sulfonamides is 1. The molecular formula is C16H21N3O4S. The van der Waals surface area contributed by atoms with Gasteiger partial charge in [0.2, 0.25) is 0 Å². The third-order valence-electron chi connectivity index (χ3n) is 3.09. The Morgan fingerprint density at radius 2 is 1.92 bits per heavy atom. The summed E-state index contributed by atoms with van der Waals surface area (Å²) in [4.78, 5) is 12.4. The van der Waals surface area contributed by atoms with E-state index in [1.807, 2.05) is 0 Å². The Hall–Kier alpha value is -2.35. The highest BCUT2D eigenvalue weighted by Crippen LogP contribution is 2.25. The van der Waals surface area contributed by atoms with Crippen LogP contribution in [0, 0.1) is 6.92 Å². The van der Waals surface area contributed by atoms with E-state index < -0.39 is 21.6 Å². The molecule has 2 aromatic rings. The molecule has 0 aliphatic rings. The molecule has 1 aromatic heterocycles. The van der Waals surface area contributed by atoms with Crippen molar-refractivity contribution in [2.45, 2.75) is 38.3 Å². The maximum Gasteiger partial charge on any atom is 0.340 e. The van der Waals surface area contributed by atoms with Crippen LogP contribution in [0.5, 0.6) is 0 Å². The first-order chi connectivity index (χ1) is 11.0. The summed E-state index contributed by atoms with van der Waals surface area (Å²) < 4.78 is 34.2. The van der Waals surface area contributed by atoms with Gasteiger partial charge in [0, 0.05) is 13.2 Å². The Morgan fingerprint density at radius 3 is 2.46 bits per heavy atom. The second kappa shape index (κ2) is 6.27. The van der Waals surface area contributed by atoms with Crippen molar-refractivity contribution in [2.75, 3.05) is 4.72 Å². The lowest BCUT2D eigenvalue weighted by atomic mass is 10.1. The Labute approximate surface area is 141 Å². The van der Waals surface area contributed by atoms with E-state index >= 15 is 0 Å². The van der Waals surface area contributed by atoms with Gasteiger partial charge in [0.05, 0.1) is 11.3 Å². The van der Waals surface area contributed by atoms with Crippen molar-refractivity contribution in [3.8, 4) is 0 Å². The lowest BCUT2D eigenvalue weighted by Gasteiger charge is -2.21. The maximum absolute atomic E-state index is 12.5. The van der Waals surface area contributed by atoms with E-state index in [1.54, 1.807) is 46.9 Å². The van der Waals surface area contributed by atoms with Crippen molar-refractivity contribution in [1.29, 1.82) is 0 Å². The minimum Gasteiger partial charge on any atom is -0.456 e. The molecule has 0 spiro atoms. The van der Waals surface area contributed by atoms with Crippen molar-refractivity contribution in [2.24, 2.45) is 7.05 Å². The Balaban J connectivity index is 2.42. The number of esters is 1. The number of hydrogen-bond donors (Lipinski definition) is 1. The smallest absolute Gasteiger partial charge is 0.340 e. The molecule has 1 N–H and O–H groups in total. The molecule has 0 atom stereocenters. The molecule has 0 unspecified atom stereocenters. The van der Waals surface area contributed by atoms with Gasteiger partial charge in [-0.25, -0.2) is 4.79 Å². The van der Waals surface area contributed by atoms with E-state index in [0.717, 1.165) is 0 Å². The normalized spacial score (nSPS) is 12.0. The summed E-state index contributed by atoms with van der Waals surface area (Å²) in [5.74, 6) is -0.593. The van der Waals surface area contributed by atoms with Crippen LogP contribution < -0.4 is 4.72 Å². The Morgan fingerprint density at radius 1 is 1.25 bits per heavy atom. The number of rotatable bonds is 4. The van der Waals surface area contributed by atoms with Crippen LogP contribution >= 0.6 is 0 Å². The van der Waals surface area contributed by atoms with Gasteiger partial charge in [-0.15, -0.1) is 0 Å². The summed E-state index contributed by atoms with van der Waals surface area (Å²) >= 11 is 0. The molecule has 0 aliphatic heterocycles. The van der Waals surface area contributed by atoms with Crippen molar-refractivity contribution in [1.82, 2.24) is 9.78 Å². The molecule has 0 aliphatic carbocycles. The van der Waals surface area contributed by atoms with Crippen LogP contribution in [0.4, 0.5) is 5.69 Å². The van der Waals surface area contributed by atoms with Crippen molar-refractivity contribution >= 4 is 21.7 Å². The Kier molecular flexibility index (Phi) is 4.70. The molecule has 0 saturated carbocycles. The number of anilines is 1. The average molecular weight is 351 g/mol. The summed E-state index contributed by atoms with van der Waals surface area (Å²) in [7, 11) is -2.28. The molecule has 24 heavy (non-hydrogen) atoms. The van der Waals surface area contributed by atoms with E-state index in [2.05, 4.69) is 9.82 Å². The largest absolute Gasteiger partial charge is 0.456 e. The molecule has 0 radical (unpaired) electrons. The number of aryl methyl sites for hydroxylation is 2. The summed E-state index contributed by atoms with van der Waals surface area (Å²) in [6, 6.07) is 6.29. The predicted molar refractivity (Wildman–Crippen MR) is 90.4 cm³/mol. The lowest BCUT2D eigenvalue weighted by molar-refractivity contribution is 0.00707. The first-order valence-corrected chi connectivity index (χ1v) is 8.83. The van der Waals surface area contributed by atoms with E-state index in [-0.39, 0.29) is 16.3 Å². The van der Waals surface area contributed by atoms with Crippen LogP contribution in [-0.4, -0.2) is 29.8 Å². The number of nitrogens with one attached hydrogen (secondary N) is 1. The number of ether oxygens (including phenoxy) is 1. The van der Waals surface area contributed by atoms with Gasteiger partial charge in [-0.1, -0.05) is 12.1 Å². The summed E-state index contributed by atoms with van der Waals surface area (Å²) in [5, 5.41) is 3.77. The minimum absolute atomic E-state index is 0.122. The molecule has 7 nitrogen and oxygen atoms in total. The van der Waals surface area contributed by atoms with Crippen LogP contribution in [0.25, 0.3) is 0 Å². The van der Waals surface area contributed by atoms with E-state index in [1.165, 1.54) is 23.0 Å². The van der Waals surface area contributed by atoms with E-state index in [4.69, 9.17) is 4.74 Å². The summed E-state index contributed by atoms with van der Waals surface area (Å²) in [5.41, 5.74) is 0.275. The predicted octanol–water partition coefficient (Wildman–Crippen LogP) is 2.48. The van der Waals surface area contributed by atoms with Gasteiger partial charge in [0.25, 0.3) is 10.0 Å². The second-order valence-electron chi connectivity index (χ2n) is 6.43. The highest BCUT2D eigenvalue weighted by atomic mass is 32.2. The highest BCUT2D eigenvalue weighted by Gasteiger charge is 2.25. The van der Waals surface area contributed by atoms with E-state index in [9.17, 15) is 13.2 Å². The van der Waals surface area contributed by atoms with Crippen LogP contribution in [0.1, 0.15) is 36.7 Å². The molecule has 130 valence electrons. The highest BCUT2D eigenvalue weighted by molar-refractivity contribution is 7.92. The maximum atomic E-state index is 12.5. The van der Waals surface area contributed by atoms with Crippen LogP contribution in [0.2, 0.25) is 0 Å². The first kappa shape index (κ1) is 18.0.